The second-order valence-electron chi connectivity index (χ2n) is 7.08. The van der Waals surface area contributed by atoms with Crippen molar-refractivity contribution in [1.29, 1.82) is 0 Å². The summed E-state index contributed by atoms with van der Waals surface area (Å²) in [6, 6.07) is 20.3. The molecule has 0 unspecified atom stereocenters. The Morgan fingerprint density at radius 2 is 1.76 bits per heavy atom. The molecule has 0 saturated carbocycles. The molecule has 3 aromatic rings. The van der Waals surface area contributed by atoms with E-state index in [-0.39, 0.29) is 11.7 Å². The lowest BCUT2D eigenvalue weighted by Gasteiger charge is -2.24. The summed E-state index contributed by atoms with van der Waals surface area (Å²) in [5.74, 6) is -0.140. The lowest BCUT2D eigenvalue weighted by molar-refractivity contribution is -0.131. The number of hydrogen-bond donors (Lipinski definition) is 0. The second kappa shape index (κ2) is 10.6. The van der Waals surface area contributed by atoms with Crippen LogP contribution in [-0.4, -0.2) is 35.6 Å². The van der Waals surface area contributed by atoms with E-state index in [1.165, 1.54) is 12.1 Å². The molecule has 0 N–H and O–H groups in total. The van der Waals surface area contributed by atoms with E-state index in [0.29, 0.717) is 32.7 Å². The molecule has 0 saturated heterocycles. The smallest absolute Gasteiger partial charge is 0.227 e. The Bertz CT molecular complexity index is 891. The summed E-state index contributed by atoms with van der Waals surface area (Å²) in [4.78, 5) is 14.9. The Morgan fingerprint density at radius 1 is 1.00 bits per heavy atom. The highest BCUT2D eigenvalue weighted by Crippen LogP contribution is 2.13. The fourth-order valence-corrected chi connectivity index (χ4v) is 3.30. The average molecular weight is 394 g/mol. The van der Waals surface area contributed by atoms with Crippen molar-refractivity contribution < 1.29 is 13.9 Å². The highest BCUT2D eigenvalue weighted by atomic mass is 19.1. The number of methoxy groups -OCH3 is 1. The monoisotopic (exact) mass is 394 g/mol. The molecule has 29 heavy (non-hydrogen) atoms. The number of carbonyl (C=O) groups is 1. The number of hydrogen-bond acceptors (Lipinski definition) is 2. The number of halogens is 1. The van der Waals surface area contributed by atoms with E-state index >= 15 is 0 Å². The number of benzene rings is 2. The lowest BCUT2D eigenvalue weighted by atomic mass is 10.1. The van der Waals surface area contributed by atoms with Gasteiger partial charge < -0.3 is 14.2 Å². The van der Waals surface area contributed by atoms with Crippen LogP contribution in [0.15, 0.2) is 72.9 Å². The minimum Gasteiger partial charge on any atom is -0.385 e. The Hall–Kier alpha value is -2.92. The van der Waals surface area contributed by atoms with Gasteiger partial charge in [0.15, 0.2) is 0 Å². The first-order chi connectivity index (χ1) is 14.2. The van der Waals surface area contributed by atoms with Crippen molar-refractivity contribution in [1.82, 2.24) is 9.47 Å². The number of carbonyl (C=O) groups excluding carboxylic acids is 1. The van der Waals surface area contributed by atoms with Crippen LogP contribution in [0.3, 0.4) is 0 Å². The SMILES string of the molecule is COCCCN(Cc1cccn1Cc1ccc(F)cc1)C(=O)Cc1ccccc1. The van der Waals surface area contributed by atoms with Crippen LogP contribution in [0.4, 0.5) is 4.39 Å². The zero-order chi connectivity index (χ0) is 20.5. The number of amides is 1. The third kappa shape index (κ3) is 6.29. The zero-order valence-electron chi connectivity index (χ0n) is 16.8. The van der Waals surface area contributed by atoms with Gasteiger partial charge in [-0.15, -0.1) is 0 Å². The maximum absolute atomic E-state index is 13.2. The Kier molecular flexibility index (Phi) is 7.59. The summed E-state index contributed by atoms with van der Waals surface area (Å²) in [7, 11) is 1.67. The summed E-state index contributed by atoms with van der Waals surface area (Å²) >= 11 is 0. The van der Waals surface area contributed by atoms with E-state index in [9.17, 15) is 9.18 Å². The molecule has 0 spiro atoms. The average Bonchev–Trinajstić information content (AvgIpc) is 3.16. The lowest BCUT2D eigenvalue weighted by Crippen LogP contribution is -2.34. The van der Waals surface area contributed by atoms with E-state index in [1.807, 2.05) is 53.6 Å². The third-order valence-electron chi connectivity index (χ3n) is 4.87. The Labute approximate surface area is 171 Å². The van der Waals surface area contributed by atoms with Gasteiger partial charge in [-0.1, -0.05) is 42.5 Å². The van der Waals surface area contributed by atoms with Gasteiger partial charge in [-0.3, -0.25) is 4.79 Å². The van der Waals surface area contributed by atoms with E-state index < -0.39 is 0 Å². The molecule has 1 amide bonds. The molecule has 0 aliphatic carbocycles. The summed E-state index contributed by atoms with van der Waals surface area (Å²) in [5, 5.41) is 0. The van der Waals surface area contributed by atoms with Crippen LogP contribution in [0.25, 0.3) is 0 Å². The quantitative estimate of drug-likeness (QED) is 0.481. The van der Waals surface area contributed by atoms with Gasteiger partial charge in [0.1, 0.15) is 5.82 Å². The Balaban J connectivity index is 1.71. The van der Waals surface area contributed by atoms with Crippen molar-refractivity contribution in [2.75, 3.05) is 20.3 Å². The van der Waals surface area contributed by atoms with Crippen molar-refractivity contribution >= 4 is 5.91 Å². The van der Waals surface area contributed by atoms with Gasteiger partial charge in [0.05, 0.1) is 13.0 Å². The summed E-state index contributed by atoms with van der Waals surface area (Å²) < 4.78 is 20.4. The van der Waals surface area contributed by atoms with Crippen molar-refractivity contribution in [3.63, 3.8) is 0 Å². The fraction of sp³-hybridized carbons (Fsp3) is 0.292. The number of rotatable bonds is 10. The van der Waals surface area contributed by atoms with E-state index in [2.05, 4.69) is 4.57 Å². The molecule has 1 aromatic heterocycles. The molecule has 0 aliphatic rings. The van der Waals surface area contributed by atoms with Crippen LogP contribution in [0.5, 0.6) is 0 Å². The maximum atomic E-state index is 13.2. The normalized spacial score (nSPS) is 10.8. The Morgan fingerprint density at radius 3 is 2.48 bits per heavy atom. The van der Waals surface area contributed by atoms with E-state index in [4.69, 9.17) is 4.74 Å². The van der Waals surface area contributed by atoms with Crippen molar-refractivity contribution in [2.45, 2.75) is 25.9 Å². The highest BCUT2D eigenvalue weighted by Gasteiger charge is 2.16. The fourth-order valence-electron chi connectivity index (χ4n) is 3.30. The largest absolute Gasteiger partial charge is 0.385 e. The molecule has 152 valence electrons. The number of nitrogens with zero attached hydrogens (tertiary/aromatic N) is 2. The first-order valence-corrected chi connectivity index (χ1v) is 9.85. The minimum absolute atomic E-state index is 0.0989. The molecular weight excluding hydrogens is 367 g/mol. The van der Waals surface area contributed by atoms with Crippen molar-refractivity contribution in [3.05, 3.63) is 95.6 Å². The molecule has 0 fully saturated rings. The van der Waals surface area contributed by atoms with Crippen molar-refractivity contribution in [3.8, 4) is 0 Å². The highest BCUT2D eigenvalue weighted by molar-refractivity contribution is 5.78. The standard InChI is InChI=1S/C24H27FN2O2/c1-29-16-6-15-27(24(28)17-20-7-3-2-4-8-20)19-23-9-5-14-26(23)18-21-10-12-22(25)13-11-21/h2-5,7-14H,6,15-19H2,1H3. The molecule has 4 nitrogen and oxygen atoms in total. The number of ether oxygens (including phenoxy) is 1. The first-order valence-electron chi connectivity index (χ1n) is 9.85. The van der Waals surface area contributed by atoms with Crippen molar-refractivity contribution in [2.24, 2.45) is 0 Å². The van der Waals surface area contributed by atoms with Crippen LogP contribution in [-0.2, 0) is 29.0 Å². The van der Waals surface area contributed by atoms with Crippen LogP contribution in [0.1, 0.15) is 23.2 Å². The molecule has 0 aliphatic heterocycles. The van der Waals surface area contributed by atoms with Gasteiger partial charge in [0.25, 0.3) is 0 Å². The molecule has 2 aromatic carbocycles. The summed E-state index contributed by atoms with van der Waals surface area (Å²) in [6.07, 6.45) is 3.16. The zero-order valence-corrected chi connectivity index (χ0v) is 16.8. The maximum Gasteiger partial charge on any atom is 0.227 e. The van der Waals surface area contributed by atoms with Crippen LogP contribution in [0, 0.1) is 5.82 Å². The number of aromatic nitrogens is 1. The molecule has 0 radical (unpaired) electrons. The molecule has 3 rings (SSSR count). The van der Waals surface area contributed by atoms with Gasteiger partial charge in [0.2, 0.25) is 5.91 Å². The first kappa shape index (κ1) is 20.8. The minimum atomic E-state index is -0.239. The van der Waals surface area contributed by atoms with Crippen LogP contribution >= 0.6 is 0 Å². The topological polar surface area (TPSA) is 34.5 Å². The van der Waals surface area contributed by atoms with Crippen LogP contribution in [0.2, 0.25) is 0 Å². The second-order valence-corrected chi connectivity index (χ2v) is 7.08. The molecule has 1 heterocycles. The van der Waals surface area contributed by atoms with Gasteiger partial charge in [0, 0.05) is 38.7 Å². The predicted molar refractivity (Wildman–Crippen MR) is 112 cm³/mol. The molecule has 5 heteroatoms. The van der Waals surface area contributed by atoms with E-state index in [1.54, 1.807) is 19.2 Å². The van der Waals surface area contributed by atoms with Gasteiger partial charge in [-0.25, -0.2) is 4.39 Å². The molecular formula is C24H27FN2O2. The van der Waals surface area contributed by atoms with Crippen LogP contribution < -0.4 is 0 Å². The van der Waals surface area contributed by atoms with Gasteiger partial charge in [-0.05, 0) is 41.8 Å². The third-order valence-corrected chi connectivity index (χ3v) is 4.87. The predicted octanol–water partition coefficient (Wildman–Crippen LogP) is 4.28. The van der Waals surface area contributed by atoms with E-state index in [0.717, 1.165) is 23.2 Å². The van der Waals surface area contributed by atoms with Gasteiger partial charge in [-0.2, -0.15) is 0 Å². The molecule has 0 bridgehead atoms. The molecule has 0 atom stereocenters. The summed E-state index contributed by atoms with van der Waals surface area (Å²) in [5.41, 5.74) is 3.08. The van der Waals surface area contributed by atoms with Gasteiger partial charge >= 0.3 is 0 Å². The summed E-state index contributed by atoms with van der Waals surface area (Å²) in [6.45, 7) is 2.43.